The molecule has 0 atom stereocenters. The van der Waals surface area contributed by atoms with Crippen LogP contribution in [0.4, 0.5) is 5.82 Å². The highest BCUT2D eigenvalue weighted by atomic mass is 79.9. The second-order valence-corrected chi connectivity index (χ2v) is 4.53. The Morgan fingerprint density at radius 2 is 2.12 bits per heavy atom. The molecule has 16 heavy (non-hydrogen) atoms. The fraction of sp³-hybridized carbons (Fsp3) is 0.300. The van der Waals surface area contributed by atoms with Crippen molar-refractivity contribution in [1.82, 2.24) is 19.7 Å². The Hall–Kier alpha value is -1.43. The van der Waals surface area contributed by atoms with Crippen LogP contribution in [0.2, 0.25) is 0 Å². The second kappa shape index (κ2) is 4.21. The molecule has 0 unspecified atom stereocenters. The predicted molar refractivity (Wildman–Crippen MR) is 65.4 cm³/mol. The minimum absolute atomic E-state index is 0.388. The maximum atomic E-state index is 5.69. The minimum atomic E-state index is 0.388. The Morgan fingerprint density at radius 3 is 2.75 bits per heavy atom. The Morgan fingerprint density at radius 1 is 1.38 bits per heavy atom. The summed E-state index contributed by atoms with van der Waals surface area (Å²) in [6, 6.07) is 1.97. The molecular formula is C10H12BrN5. The highest BCUT2D eigenvalue weighted by Crippen LogP contribution is 2.23. The summed E-state index contributed by atoms with van der Waals surface area (Å²) in [7, 11) is 0. The number of halogens is 1. The van der Waals surface area contributed by atoms with Crippen LogP contribution in [0.25, 0.3) is 5.82 Å². The van der Waals surface area contributed by atoms with Gasteiger partial charge in [-0.25, -0.2) is 14.6 Å². The molecule has 0 amide bonds. The molecule has 0 aliphatic rings. The average molecular weight is 282 g/mol. The highest BCUT2D eigenvalue weighted by molar-refractivity contribution is 9.10. The van der Waals surface area contributed by atoms with Crippen molar-refractivity contribution in [3.8, 4) is 5.82 Å². The fourth-order valence-electron chi connectivity index (χ4n) is 1.30. The Balaban J connectivity index is 2.47. The number of hydrogen-bond acceptors (Lipinski definition) is 4. The van der Waals surface area contributed by atoms with Crippen molar-refractivity contribution in [2.75, 3.05) is 5.73 Å². The largest absolute Gasteiger partial charge is 0.383 e. The molecule has 2 rings (SSSR count). The van der Waals surface area contributed by atoms with Gasteiger partial charge in [0.25, 0.3) is 0 Å². The number of rotatable bonds is 2. The van der Waals surface area contributed by atoms with Crippen LogP contribution in [0.1, 0.15) is 25.5 Å². The van der Waals surface area contributed by atoms with E-state index in [2.05, 4.69) is 44.8 Å². The minimum Gasteiger partial charge on any atom is -0.383 e. The lowest BCUT2D eigenvalue weighted by molar-refractivity contribution is 0.754. The summed E-state index contributed by atoms with van der Waals surface area (Å²) < 4.78 is 2.35. The molecule has 0 fully saturated rings. The zero-order valence-corrected chi connectivity index (χ0v) is 10.6. The van der Waals surface area contributed by atoms with Crippen molar-refractivity contribution in [1.29, 1.82) is 0 Å². The van der Waals surface area contributed by atoms with Gasteiger partial charge in [0.05, 0.1) is 5.69 Å². The summed E-state index contributed by atoms with van der Waals surface area (Å²) in [5.41, 5.74) is 6.70. The summed E-state index contributed by atoms with van der Waals surface area (Å²) in [5.74, 6) is 1.45. The first-order valence-electron chi connectivity index (χ1n) is 4.91. The van der Waals surface area contributed by atoms with E-state index in [0.29, 0.717) is 22.0 Å². The molecule has 6 heteroatoms. The zero-order chi connectivity index (χ0) is 11.7. The highest BCUT2D eigenvalue weighted by Gasteiger charge is 2.10. The number of hydrogen-bond donors (Lipinski definition) is 1. The number of anilines is 1. The monoisotopic (exact) mass is 281 g/mol. The summed E-state index contributed by atoms with van der Waals surface area (Å²) in [6.45, 7) is 4.19. The molecule has 0 bridgehead atoms. The standard InChI is InChI=1S/C10H12BrN5/c1-6(2)7-3-4-16(15-7)10-8(11)9(12)13-5-14-10/h3-6H,1-2H3,(H2,12,13,14). The normalized spacial score (nSPS) is 11.0. The summed E-state index contributed by atoms with van der Waals surface area (Å²) in [4.78, 5) is 8.03. The molecule has 0 saturated heterocycles. The molecule has 0 aliphatic heterocycles. The maximum absolute atomic E-state index is 5.69. The quantitative estimate of drug-likeness (QED) is 0.916. The Kier molecular flexibility index (Phi) is 2.91. The first-order valence-corrected chi connectivity index (χ1v) is 5.71. The van der Waals surface area contributed by atoms with Gasteiger partial charge >= 0.3 is 0 Å². The van der Waals surface area contributed by atoms with E-state index in [-0.39, 0.29) is 0 Å². The number of nitrogens with two attached hydrogens (primary N) is 1. The smallest absolute Gasteiger partial charge is 0.173 e. The molecular weight excluding hydrogens is 270 g/mol. The Bertz CT molecular complexity index is 506. The van der Waals surface area contributed by atoms with Crippen LogP contribution in [-0.4, -0.2) is 19.7 Å². The third-order valence-corrected chi connectivity index (χ3v) is 2.98. The van der Waals surface area contributed by atoms with Gasteiger partial charge in [0, 0.05) is 6.20 Å². The van der Waals surface area contributed by atoms with E-state index in [1.807, 2.05) is 12.3 Å². The molecule has 2 aromatic rings. The van der Waals surface area contributed by atoms with E-state index >= 15 is 0 Å². The van der Waals surface area contributed by atoms with Crippen LogP contribution in [-0.2, 0) is 0 Å². The lowest BCUT2D eigenvalue weighted by Crippen LogP contribution is -2.04. The summed E-state index contributed by atoms with van der Waals surface area (Å²) in [5, 5.41) is 4.42. The topological polar surface area (TPSA) is 69.6 Å². The third-order valence-electron chi connectivity index (χ3n) is 2.22. The molecule has 2 heterocycles. The van der Waals surface area contributed by atoms with Crippen LogP contribution >= 0.6 is 15.9 Å². The Labute approximate surface area is 102 Å². The number of aromatic nitrogens is 4. The van der Waals surface area contributed by atoms with Gasteiger partial charge in [0.15, 0.2) is 5.82 Å². The number of nitrogen functional groups attached to an aromatic ring is 1. The van der Waals surface area contributed by atoms with Gasteiger partial charge in [0.2, 0.25) is 0 Å². The van der Waals surface area contributed by atoms with Gasteiger partial charge in [-0.15, -0.1) is 0 Å². The lowest BCUT2D eigenvalue weighted by atomic mass is 10.1. The lowest BCUT2D eigenvalue weighted by Gasteiger charge is -2.04. The van der Waals surface area contributed by atoms with Gasteiger partial charge in [-0.2, -0.15) is 5.10 Å². The van der Waals surface area contributed by atoms with Gasteiger partial charge in [-0.3, -0.25) is 0 Å². The van der Waals surface area contributed by atoms with Crippen molar-refractivity contribution in [3.63, 3.8) is 0 Å². The van der Waals surface area contributed by atoms with E-state index in [0.717, 1.165) is 5.69 Å². The second-order valence-electron chi connectivity index (χ2n) is 3.74. The predicted octanol–water partition coefficient (Wildman–Crippen LogP) is 2.13. The van der Waals surface area contributed by atoms with E-state index in [1.165, 1.54) is 6.33 Å². The van der Waals surface area contributed by atoms with E-state index in [1.54, 1.807) is 4.68 Å². The number of nitrogens with zero attached hydrogens (tertiary/aromatic N) is 4. The van der Waals surface area contributed by atoms with Crippen molar-refractivity contribution in [2.24, 2.45) is 0 Å². The summed E-state index contributed by atoms with van der Waals surface area (Å²) >= 11 is 3.35. The van der Waals surface area contributed by atoms with Crippen molar-refractivity contribution in [3.05, 3.63) is 28.8 Å². The van der Waals surface area contributed by atoms with E-state index in [4.69, 9.17) is 5.73 Å². The van der Waals surface area contributed by atoms with Crippen LogP contribution < -0.4 is 5.73 Å². The van der Waals surface area contributed by atoms with Gasteiger partial charge < -0.3 is 5.73 Å². The average Bonchev–Trinajstić information content (AvgIpc) is 2.71. The van der Waals surface area contributed by atoms with Crippen LogP contribution in [0.3, 0.4) is 0 Å². The van der Waals surface area contributed by atoms with Crippen molar-refractivity contribution >= 4 is 21.7 Å². The van der Waals surface area contributed by atoms with Crippen molar-refractivity contribution < 1.29 is 0 Å². The van der Waals surface area contributed by atoms with Gasteiger partial charge in [0.1, 0.15) is 16.6 Å². The first-order chi connectivity index (χ1) is 7.59. The molecule has 2 N–H and O–H groups in total. The van der Waals surface area contributed by atoms with Crippen LogP contribution in [0, 0.1) is 0 Å². The third kappa shape index (κ3) is 1.92. The zero-order valence-electron chi connectivity index (χ0n) is 9.05. The fourth-order valence-corrected chi connectivity index (χ4v) is 1.68. The van der Waals surface area contributed by atoms with E-state index in [9.17, 15) is 0 Å². The van der Waals surface area contributed by atoms with Crippen LogP contribution in [0.15, 0.2) is 23.1 Å². The van der Waals surface area contributed by atoms with Gasteiger partial charge in [-0.05, 0) is 27.9 Å². The SMILES string of the molecule is CC(C)c1ccn(-c2ncnc(N)c2Br)n1. The molecule has 0 radical (unpaired) electrons. The molecule has 0 aromatic carbocycles. The summed E-state index contributed by atoms with van der Waals surface area (Å²) in [6.07, 6.45) is 3.29. The molecule has 0 saturated carbocycles. The molecule has 0 aliphatic carbocycles. The molecule has 5 nitrogen and oxygen atoms in total. The van der Waals surface area contributed by atoms with E-state index < -0.39 is 0 Å². The van der Waals surface area contributed by atoms with Crippen molar-refractivity contribution in [2.45, 2.75) is 19.8 Å². The van der Waals surface area contributed by atoms with Gasteiger partial charge in [-0.1, -0.05) is 13.8 Å². The molecule has 0 spiro atoms. The van der Waals surface area contributed by atoms with Crippen LogP contribution in [0.5, 0.6) is 0 Å². The molecule has 2 aromatic heterocycles. The first kappa shape index (κ1) is 11.1. The maximum Gasteiger partial charge on any atom is 0.173 e. The molecule has 84 valence electrons.